The number of rotatable bonds is 3. The summed E-state index contributed by atoms with van der Waals surface area (Å²) in [4.78, 5) is 5.24. The molecule has 0 aromatic rings. The molecule has 0 radical (unpaired) electrons. The third-order valence-electron chi connectivity index (χ3n) is 11.1. The van der Waals surface area contributed by atoms with E-state index in [1.807, 2.05) is 0 Å². The van der Waals surface area contributed by atoms with Crippen LogP contribution in [-0.4, -0.2) is 71.0 Å². The summed E-state index contributed by atoms with van der Waals surface area (Å²) in [5, 5.41) is 21.9. The number of fused-ring (bicyclic) bond motifs is 5. The Balaban J connectivity index is 1.33. The van der Waals surface area contributed by atoms with Crippen molar-refractivity contribution in [2.75, 3.05) is 32.7 Å². The number of aliphatic hydroxyl groups is 2. The second-order valence-electron chi connectivity index (χ2n) is 12.2. The summed E-state index contributed by atoms with van der Waals surface area (Å²) in [6.45, 7) is 13.1. The fourth-order valence-electron chi connectivity index (χ4n) is 9.26. The van der Waals surface area contributed by atoms with Gasteiger partial charge in [-0.1, -0.05) is 20.8 Å². The van der Waals surface area contributed by atoms with E-state index < -0.39 is 0 Å². The summed E-state index contributed by atoms with van der Waals surface area (Å²) in [6.07, 6.45) is 10.7. The zero-order valence-corrected chi connectivity index (χ0v) is 19.7. The van der Waals surface area contributed by atoms with Gasteiger partial charge in [-0.2, -0.15) is 0 Å². The molecule has 1 heterocycles. The lowest BCUT2D eigenvalue weighted by Crippen LogP contribution is -2.62. The van der Waals surface area contributed by atoms with Gasteiger partial charge in [-0.15, -0.1) is 0 Å². The molecule has 0 aromatic heterocycles. The van der Waals surface area contributed by atoms with Crippen molar-refractivity contribution in [3.8, 4) is 0 Å². The first-order chi connectivity index (χ1) is 14.4. The van der Waals surface area contributed by atoms with Gasteiger partial charge in [0.2, 0.25) is 0 Å². The van der Waals surface area contributed by atoms with E-state index in [-0.39, 0.29) is 17.6 Å². The minimum atomic E-state index is -0.139. The molecule has 0 unspecified atom stereocenters. The number of nitrogens with zero attached hydrogens (tertiary/aromatic N) is 2. The van der Waals surface area contributed by atoms with E-state index in [1.54, 1.807) is 0 Å². The molecule has 1 aliphatic heterocycles. The van der Waals surface area contributed by atoms with E-state index in [4.69, 9.17) is 0 Å². The maximum atomic E-state index is 11.2. The standard InChI is InChI=1S/C26H46N2O2/c1-4-11-27-12-14-28(15-13-27)22-17-26(3)18(16-23(22)29)5-6-19-20-7-8-24(30)25(20,2)10-9-21(19)26/h18-24,29-30H,4-17H2,1-3H3/t18-,19-,20-,21-,22-,23-,24-,25-,26-/m0/s1. The smallest absolute Gasteiger partial charge is 0.0698 e. The molecule has 4 aliphatic carbocycles. The lowest BCUT2D eigenvalue weighted by molar-refractivity contribution is -0.155. The molecule has 0 amide bonds. The Morgan fingerprint density at radius 1 is 0.867 bits per heavy atom. The van der Waals surface area contributed by atoms with E-state index >= 15 is 0 Å². The van der Waals surface area contributed by atoms with Crippen LogP contribution in [0, 0.1) is 34.5 Å². The van der Waals surface area contributed by atoms with E-state index in [9.17, 15) is 10.2 Å². The molecule has 9 atom stereocenters. The van der Waals surface area contributed by atoms with Gasteiger partial charge < -0.3 is 15.1 Å². The number of piperazine rings is 1. The van der Waals surface area contributed by atoms with Gasteiger partial charge in [-0.05, 0) is 98.8 Å². The monoisotopic (exact) mass is 418 g/mol. The highest BCUT2D eigenvalue weighted by Crippen LogP contribution is 2.66. The molecule has 0 aromatic carbocycles. The third kappa shape index (κ3) is 3.31. The zero-order valence-electron chi connectivity index (χ0n) is 19.7. The number of hydrogen-bond donors (Lipinski definition) is 2. The Labute approximate surface area is 184 Å². The van der Waals surface area contributed by atoms with Crippen LogP contribution in [0.3, 0.4) is 0 Å². The van der Waals surface area contributed by atoms with Crippen molar-refractivity contribution < 1.29 is 10.2 Å². The maximum absolute atomic E-state index is 11.2. The van der Waals surface area contributed by atoms with E-state index in [1.165, 1.54) is 64.6 Å². The average molecular weight is 419 g/mol. The molecule has 4 saturated carbocycles. The second-order valence-corrected chi connectivity index (χ2v) is 12.2. The molecular formula is C26H46N2O2. The van der Waals surface area contributed by atoms with Crippen LogP contribution in [0.15, 0.2) is 0 Å². The normalized spacial score (nSPS) is 52.5. The van der Waals surface area contributed by atoms with Crippen LogP contribution in [0.1, 0.15) is 78.6 Å². The van der Waals surface area contributed by atoms with Crippen molar-refractivity contribution in [2.45, 2.75) is 96.8 Å². The van der Waals surface area contributed by atoms with E-state index in [0.29, 0.717) is 17.4 Å². The minimum Gasteiger partial charge on any atom is -0.393 e. The maximum Gasteiger partial charge on any atom is 0.0698 e. The molecule has 30 heavy (non-hydrogen) atoms. The van der Waals surface area contributed by atoms with Crippen molar-refractivity contribution in [3.63, 3.8) is 0 Å². The molecule has 0 spiro atoms. The van der Waals surface area contributed by atoms with Crippen molar-refractivity contribution in [1.29, 1.82) is 0 Å². The van der Waals surface area contributed by atoms with Gasteiger partial charge in [0.25, 0.3) is 0 Å². The summed E-state index contributed by atoms with van der Waals surface area (Å²) >= 11 is 0. The van der Waals surface area contributed by atoms with Crippen molar-refractivity contribution in [2.24, 2.45) is 34.5 Å². The molecule has 5 rings (SSSR count). The summed E-state index contributed by atoms with van der Waals surface area (Å²) in [7, 11) is 0. The molecule has 1 saturated heterocycles. The van der Waals surface area contributed by atoms with Gasteiger partial charge in [0, 0.05) is 32.2 Å². The first-order valence-electron chi connectivity index (χ1n) is 13.2. The van der Waals surface area contributed by atoms with Gasteiger partial charge in [0.15, 0.2) is 0 Å². The van der Waals surface area contributed by atoms with Crippen LogP contribution in [-0.2, 0) is 0 Å². The van der Waals surface area contributed by atoms with Gasteiger partial charge in [0.05, 0.1) is 12.2 Å². The highest BCUT2D eigenvalue weighted by molar-refractivity contribution is 5.11. The van der Waals surface area contributed by atoms with Crippen molar-refractivity contribution in [3.05, 3.63) is 0 Å². The second kappa shape index (κ2) is 8.01. The molecule has 4 nitrogen and oxygen atoms in total. The topological polar surface area (TPSA) is 46.9 Å². The number of aliphatic hydroxyl groups excluding tert-OH is 2. The van der Waals surface area contributed by atoms with Gasteiger partial charge in [-0.3, -0.25) is 4.90 Å². The summed E-state index contributed by atoms with van der Waals surface area (Å²) in [5.41, 5.74) is 0.551. The van der Waals surface area contributed by atoms with Gasteiger partial charge in [-0.25, -0.2) is 0 Å². The molecule has 2 N–H and O–H groups in total. The molecule has 5 fully saturated rings. The summed E-state index contributed by atoms with van der Waals surface area (Å²) < 4.78 is 0. The fraction of sp³-hybridized carbons (Fsp3) is 1.00. The van der Waals surface area contributed by atoms with Gasteiger partial charge >= 0.3 is 0 Å². The average Bonchev–Trinajstić information content (AvgIpc) is 3.04. The predicted octanol–water partition coefficient (Wildman–Crippen LogP) is 3.76. The summed E-state index contributed by atoms with van der Waals surface area (Å²) in [6, 6.07) is 0.358. The highest BCUT2D eigenvalue weighted by Gasteiger charge is 2.61. The Kier molecular flexibility index (Phi) is 5.78. The lowest BCUT2D eigenvalue weighted by atomic mass is 9.44. The highest BCUT2D eigenvalue weighted by atomic mass is 16.3. The molecule has 5 aliphatic rings. The van der Waals surface area contributed by atoms with Crippen molar-refractivity contribution >= 4 is 0 Å². The van der Waals surface area contributed by atoms with Crippen LogP contribution in [0.4, 0.5) is 0 Å². The first kappa shape index (κ1) is 21.7. The fourth-order valence-corrected chi connectivity index (χ4v) is 9.26. The Morgan fingerprint density at radius 3 is 2.33 bits per heavy atom. The predicted molar refractivity (Wildman–Crippen MR) is 121 cm³/mol. The van der Waals surface area contributed by atoms with Crippen LogP contribution < -0.4 is 0 Å². The minimum absolute atomic E-state index is 0.0747. The lowest BCUT2D eigenvalue weighted by Gasteiger charge is -2.62. The van der Waals surface area contributed by atoms with E-state index in [0.717, 1.165) is 43.7 Å². The molecule has 0 bridgehead atoms. The molecule has 4 heteroatoms. The molecule has 172 valence electrons. The largest absolute Gasteiger partial charge is 0.393 e. The Morgan fingerprint density at radius 2 is 1.60 bits per heavy atom. The Bertz CT molecular complexity index is 620. The van der Waals surface area contributed by atoms with Crippen LogP contribution in [0.2, 0.25) is 0 Å². The quantitative estimate of drug-likeness (QED) is 0.733. The van der Waals surface area contributed by atoms with Gasteiger partial charge in [0.1, 0.15) is 0 Å². The number of hydrogen-bond acceptors (Lipinski definition) is 4. The van der Waals surface area contributed by atoms with Crippen LogP contribution >= 0.6 is 0 Å². The van der Waals surface area contributed by atoms with Crippen LogP contribution in [0.25, 0.3) is 0 Å². The zero-order chi connectivity index (χ0) is 21.1. The SMILES string of the molecule is CCCN1CCN([C@H]2C[C@@]3(C)[C@@H](CC[C@@H]4[C@@H]3CC[C@]3(C)[C@@H](O)CC[C@@H]43)C[C@@H]2O)CC1. The van der Waals surface area contributed by atoms with Crippen LogP contribution in [0.5, 0.6) is 0 Å². The van der Waals surface area contributed by atoms with Crippen molar-refractivity contribution in [1.82, 2.24) is 9.80 Å². The Hall–Kier alpha value is -0.160. The third-order valence-corrected chi connectivity index (χ3v) is 11.1. The molecular weight excluding hydrogens is 372 g/mol. The summed E-state index contributed by atoms with van der Waals surface area (Å²) in [5.74, 6) is 3.03. The van der Waals surface area contributed by atoms with E-state index in [2.05, 4.69) is 30.6 Å². The first-order valence-corrected chi connectivity index (χ1v) is 13.2.